The minimum Gasteiger partial charge on any atom is -0.495 e. The van der Waals surface area contributed by atoms with Gasteiger partial charge in [0, 0.05) is 17.6 Å². The Morgan fingerprint density at radius 3 is 2.57 bits per heavy atom. The monoisotopic (exact) mass is 404 g/mol. The van der Waals surface area contributed by atoms with Gasteiger partial charge >= 0.3 is 0 Å². The summed E-state index contributed by atoms with van der Waals surface area (Å²) in [5.41, 5.74) is 0.322. The second-order valence-corrected chi connectivity index (χ2v) is 9.08. The van der Waals surface area contributed by atoms with Gasteiger partial charge in [-0.2, -0.15) is 0 Å². The van der Waals surface area contributed by atoms with Gasteiger partial charge in [-0.3, -0.25) is 4.79 Å². The molecule has 1 amide bonds. The molecule has 28 heavy (non-hydrogen) atoms. The lowest BCUT2D eigenvalue weighted by molar-refractivity contribution is 0.0652. The molecular formula is C20H24N2O5S. The number of hydrogen-bond donors (Lipinski definition) is 1. The molecule has 1 aromatic carbocycles. The fourth-order valence-electron chi connectivity index (χ4n) is 3.33. The van der Waals surface area contributed by atoms with Crippen LogP contribution in [0.5, 0.6) is 5.75 Å². The van der Waals surface area contributed by atoms with Crippen LogP contribution in [0.1, 0.15) is 54.8 Å². The molecule has 4 rings (SSSR count). The Labute approximate surface area is 164 Å². The van der Waals surface area contributed by atoms with Crippen LogP contribution in [0.2, 0.25) is 0 Å². The molecule has 1 unspecified atom stereocenters. The standard InChI is InChI=1S/C20H24N2O5S/c1-13(17-4-3-11-27-17)22(16-8-9-16)20(23)14-5-10-18(26-2)19(12-14)28(24,25)21-15-6-7-15/h3-5,10-13,15-16,21H,6-9H2,1-2H3. The van der Waals surface area contributed by atoms with Crippen LogP contribution in [0.3, 0.4) is 0 Å². The largest absolute Gasteiger partial charge is 0.495 e. The van der Waals surface area contributed by atoms with E-state index in [4.69, 9.17) is 9.15 Å². The number of rotatable bonds is 8. The molecule has 1 heterocycles. The molecule has 2 aliphatic rings. The first-order valence-corrected chi connectivity index (χ1v) is 11.0. The number of nitrogens with zero attached hydrogens (tertiary/aromatic N) is 1. The van der Waals surface area contributed by atoms with Crippen molar-refractivity contribution in [2.75, 3.05) is 7.11 Å². The zero-order valence-corrected chi connectivity index (χ0v) is 16.7. The third-order valence-corrected chi connectivity index (χ3v) is 6.69. The summed E-state index contributed by atoms with van der Waals surface area (Å²) in [4.78, 5) is 15.1. The molecule has 0 saturated heterocycles. The molecule has 8 heteroatoms. The molecule has 0 bridgehead atoms. The number of benzene rings is 1. The first kappa shape index (κ1) is 19.0. The van der Waals surface area contributed by atoms with E-state index in [-0.39, 0.29) is 34.7 Å². The van der Waals surface area contributed by atoms with Crippen LogP contribution < -0.4 is 9.46 Å². The molecule has 150 valence electrons. The maximum absolute atomic E-state index is 13.3. The topological polar surface area (TPSA) is 88.8 Å². The normalized spacial score (nSPS) is 17.9. The van der Waals surface area contributed by atoms with Gasteiger partial charge in [-0.25, -0.2) is 13.1 Å². The van der Waals surface area contributed by atoms with Crippen LogP contribution in [0, 0.1) is 0 Å². The van der Waals surface area contributed by atoms with E-state index in [1.54, 1.807) is 23.3 Å². The second kappa shape index (κ2) is 7.25. The van der Waals surface area contributed by atoms with E-state index in [0.29, 0.717) is 11.3 Å². The number of sulfonamides is 1. The fraction of sp³-hybridized carbons (Fsp3) is 0.450. The molecule has 0 aliphatic heterocycles. The lowest BCUT2D eigenvalue weighted by atomic mass is 10.1. The van der Waals surface area contributed by atoms with Crippen molar-refractivity contribution < 1.29 is 22.4 Å². The number of nitrogens with one attached hydrogen (secondary N) is 1. The highest BCUT2D eigenvalue weighted by Crippen LogP contribution is 2.37. The van der Waals surface area contributed by atoms with Crippen LogP contribution in [-0.4, -0.2) is 38.4 Å². The van der Waals surface area contributed by atoms with Crippen molar-refractivity contribution >= 4 is 15.9 Å². The Bertz CT molecular complexity index is 962. The molecule has 2 aromatic rings. The Morgan fingerprint density at radius 1 is 1.25 bits per heavy atom. The molecule has 0 spiro atoms. The Morgan fingerprint density at radius 2 is 2.00 bits per heavy atom. The van der Waals surface area contributed by atoms with Crippen LogP contribution in [0.25, 0.3) is 0 Å². The van der Waals surface area contributed by atoms with Gasteiger partial charge < -0.3 is 14.1 Å². The summed E-state index contributed by atoms with van der Waals surface area (Å²) >= 11 is 0. The van der Waals surface area contributed by atoms with Crippen molar-refractivity contribution in [1.82, 2.24) is 9.62 Å². The van der Waals surface area contributed by atoms with Gasteiger partial charge in [0.2, 0.25) is 10.0 Å². The third-order valence-electron chi connectivity index (χ3n) is 5.15. The summed E-state index contributed by atoms with van der Waals surface area (Å²) in [5, 5.41) is 0. The number of hydrogen-bond acceptors (Lipinski definition) is 5. The molecule has 1 atom stereocenters. The molecule has 1 aromatic heterocycles. The lowest BCUT2D eigenvalue weighted by Crippen LogP contribution is -2.35. The van der Waals surface area contributed by atoms with Gasteiger partial charge in [0.25, 0.3) is 5.91 Å². The molecule has 2 fully saturated rings. The minimum atomic E-state index is -3.75. The van der Waals surface area contributed by atoms with Crippen molar-refractivity contribution in [1.29, 1.82) is 0 Å². The van der Waals surface area contributed by atoms with Crippen LogP contribution >= 0.6 is 0 Å². The van der Waals surface area contributed by atoms with E-state index in [9.17, 15) is 13.2 Å². The smallest absolute Gasteiger partial charge is 0.254 e. The predicted octanol–water partition coefficient (Wildman–Crippen LogP) is 3.09. The zero-order chi connectivity index (χ0) is 19.9. The molecule has 1 N–H and O–H groups in total. The van der Waals surface area contributed by atoms with E-state index in [1.165, 1.54) is 19.2 Å². The number of amides is 1. The van der Waals surface area contributed by atoms with E-state index >= 15 is 0 Å². The van der Waals surface area contributed by atoms with Crippen LogP contribution in [-0.2, 0) is 10.0 Å². The summed E-state index contributed by atoms with van der Waals surface area (Å²) in [6.07, 6.45) is 5.11. The first-order valence-electron chi connectivity index (χ1n) is 9.47. The molecule has 7 nitrogen and oxygen atoms in total. The van der Waals surface area contributed by atoms with Gasteiger partial charge in [0.1, 0.15) is 16.4 Å². The molecular weight excluding hydrogens is 380 g/mol. The molecule has 0 radical (unpaired) electrons. The summed E-state index contributed by atoms with van der Waals surface area (Å²) in [6.45, 7) is 1.92. The first-order chi connectivity index (χ1) is 13.4. The highest BCUT2D eigenvalue weighted by molar-refractivity contribution is 7.89. The number of methoxy groups -OCH3 is 1. The van der Waals surface area contributed by atoms with Crippen molar-refractivity contribution in [3.8, 4) is 5.75 Å². The van der Waals surface area contributed by atoms with Crippen LogP contribution in [0.15, 0.2) is 45.9 Å². The van der Waals surface area contributed by atoms with Gasteiger partial charge in [-0.15, -0.1) is 0 Å². The third kappa shape index (κ3) is 3.79. The average molecular weight is 404 g/mol. The van der Waals surface area contributed by atoms with Gasteiger partial charge in [0.05, 0.1) is 19.4 Å². The van der Waals surface area contributed by atoms with E-state index in [2.05, 4.69) is 4.72 Å². The number of carbonyl (C=O) groups is 1. The van der Waals surface area contributed by atoms with E-state index < -0.39 is 10.0 Å². The Kier molecular flexibility index (Phi) is 4.93. The maximum atomic E-state index is 13.3. The van der Waals surface area contributed by atoms with Gasteiger partial charge in [0.15, 0.2) is 0 Å². The zero-order valence-electron chi connectivity index (χ0n) is 15.9. The number of furan rings is 1. The summed E-state index contributed by atoms with van der Waals surface area (Å²) in [6, 6.07) is 8.08. The number of ether oxygens (including phenoxy) is 1. The molecule has 2 saturated carbocycles. The van der Waals surface area contributed by atoms with E-state index in [1.807, 2.05) is 13.0 Å². The lowest BCUT2D eigenvalue weighted by Gasteiger charge is -2.28. The van der Waals surface area contributed by atoms with Gasteiger partial charge in [-0.1, -0.05) is 0 Å². The predicted molar refractivity (Wildman–Crippen MR) is 103 cm³/mol. The van der Waals surface area contributed by atoms with Crippen molar-refractivity contribution in [3.63, 3.8) is 0 Å². The van der Waals surface area contributed by atoms with Crippen molar-refractivity contribution in [2.45, 2.75) is 55.6 Å². The second-order valence-electron chi connectivity index (χ2n) is 7.40. The summed E-state index contributed by atoms with van der Waals surface area (Å²) in [5.74, 6) is 0.718. The maximum Gasteiger partial charge on any atom is 0.254 e. The summed E-state index contributed by atoms with van der Waals surface area (Å²) in [7, 11) is -2.33. The Balaban J connectivity index is 1.67. The quantitative estimate of drug-likeness (QED) is 0.730. The highest BCUT2D eigenvalue weighted by atomic mass is 32.2. The molecule has 2 aliphatic carbocycles. The van der Waals surface area contributed by atoms with Crippen molar-refractivity contribution in [3.05, 3.63) is 47.9 Å². The fourth-order valence-corrected chi connectivity index (χ4v) is 4.83. The SMILES string of the molecule is COc1ccc(C(=O)N(C2CC2)C(C)c2ccco2)cc1S(=O)(=O)NC1CC1. The Hall–Kier alpha value is -2.32. The number of carbonyl (C=O) groups excluding carboxylic acids is 1. The summed E-state index contributed by atoms with van der Waals surface area (Å²) < 4.78 is 38.9. The van der Waals surface area contributed by atoms with E-state index in [0.717, 1.165) is 25.7 Å². The van der Waals surface area contributed by atoms with Crippen molar-refractivity contribution in [2.24, 2.45) is 0 Å². The van der Waals surface area contributed by atoms with Gasteiger partial charge in [-0.05, 0) is 62.9 Å². The highest BCUT2D eigenvalue weighted by Gasteiger charge is 2.38. The van der Waals surface area contributed by atoms with Crippen LogP contribution in [0.4, 0.5) is 0 Å². The average Bonchev–Trinajstić information content (AvgIpc) is 3.61. The minimum absolute atomic E-state index is 0.00542.